The molecule has 3 heteroatoms. The molecule has 0 atom stereocenters. The predicted molar refractivity (Wildman–Crippen MR) is 176 cm³/mol. The van der Waals surface area contributed by atoms with Crippen molar-refractivity contribution < 1.29 is 24.4 Å². The molecule has 0 N–H and O–H groups in total. The van der Waals surface area contributed by atoms with Crippen LogP contribution in [0.5, 0.6) is 0 Å². The van der Waals surface area contributed by atoms with E-state index in [1.807, 2.05) is 0 Å². The summed E-state index contributed by atoms with van der Waals surface area (Å²) in [4.78, 5) is 2.60. The van der Waals surface area contributed by atoms with Gasteiger partial charge in [0.2, 0.25) is 5.52 Å². The standard InChI is InChI=1S/C38H44N2.Os/c1-6-22-40-25-21-30(35-12-9-10-14-38(35)40)15-16-31-26-32-17-18-33(27-37(32)36-13-8-7-11-34(31)36)39(23-19-28(2)3)24-20-29(4)5;/h7-18,21,25-29H,1,6,19-20,22-24H2,2-5H3;/q;+1. The Hall–Kier alpha value is -3.01. The van der Waals surface area contributed by atoms with Gasteiger partial charge in [-0.05, 0) is 81.6 Å². The summed E-state index contributed by atoms with van der Waals surface area (Å²) in [6.07, 6.45) is 10.1. The van der Waals surface area contributed by atoms with Crippen LogP contribution in [0.1, 0.15) is 58.1 Å². The molecule has 41 heavy (non-hydrogen) atoms. The van der Waals surface area contributed by atoms with Gasteiger partial charge in [0.15, 0.2) is 6.20 Å². The molecular weight excluding hydrogens is 675 g/mol. The molecule has 0 aliphatic heterocycles. The SMILES string of the molecule is [CH2-]CC[n+]1ccc(/C=C/c2cc3ccc(N(CCC(C)C)CCC(C)C)cc3c3ccccc23)c2ccccc21.[Os+]. The maximum Gasteiger partial charge on any atom is 1.00 e. The Kier molecular flexibility index (Phi) is 10.7. The number of anilines is 1. The van der Waals surface area contributed by atoms with E-state index in [4.69, 9.17) is 0 Å². The van der Waals surface area contributed by atoms with Gasteiger partial charge in [0.05, 0.1) is 5.39 Å². The zero-order chi connectivity index (χ0) is 28.1. The monoisotopic (exact) mass is 720 g/mol. The minimum absolute atomic E-state index is 0. The van der Waals surface area contributed by atoms with E-state index in [0.29, 0.717) is 11.8 Å². The first-order chi connectivity index (χ1) is 19.4. The Bertz CT molecular complexity index is 1620. The molecule has 0 amide bonds. The van der Waals surface area contributed by atoms with Gasteiger partial charge in [-0.25, -0.2) is 4.57 Å². The average Bonchev–Trinajstić information content (AvgIpc) is 2.96. The molecule has 0 saturated carbocycles. The zero-order valence-corrected chi connectivity index (χ0v) is 27.6. The Labute approximate surface area is 260 Å². The van der Waals surface area contributed by atoms with E-state index in [0.717, 1.165) is 26.1 Å². The van der Waals surface area contributed by atoms with Crippen LogP contribution in [-0.4, -0.2) is 13.1 Å². The molecular formula is C38H44N2Os+. The zero-order valence-electron chi connectivity index (χ0n) is 25.1. The van der Waals surface area contributed by atoms with Crippen LogP contribution in [-0.2, 0) is 26.3 Å². The predicted octanol–water partition coefficient (Wildman–Crippen LogP) is 9.72. The Morgan fingerprint density at radius 1 is 0.707 bits per heavy atom. The van der Waals surface area contributed by atoms with Crippen molar-refractivity contribution in [1.82, 2.24) is 0 Å². The first-order valence-electron chi connectivity index (χ1n) is 15.0. The van der Waals surface area contributed by atoms with Crippen LogP contribution < -0.4 is 9.47 Å². The Balaban J connectivity index is 0.00000387. The number of fused-ring (bicyclic) bond motifs is 4. The van der Waals surface area contributed by atoms with E-state index in [9.17, 15) is 0 Å². The number of pyridine rings is 1. The summed E-state index contributed by atoms with van der Waals surface area (Å²) in [5, 5.41) is 6.52. The normalized spacial score (nSPS) is 11.8. The molecule has 1 aromatic heterocycles. The minimum Gasteiger partial charge on any atom is -0.371 e. The Morgan fingerprint density at radius 2 is 1.34 bits per heavy atom. The van der Waals surface area contributed by atoms with Gasteiger partial charge >= 0.3 is 19.8 Å². The molecule has 4 aromatic carbocycles. The number of aryl methyl sites for hydroxylation is 1. The smallest absolute Gasteiger partial charge is 0.371 e. The van der Waals surface area contributed by atoms with E-state index in [1.54, 1.807) is 0 Å². The van der Waals surface area contributed by atoms with Gasteiger partial charge in [-0.3, -0.25) is 0 Å². The molecule has 2 nitrogen and oxygen atoms in total. The molecule has 0 aliphatic rings. The van der Waals surface area contributed by atoms with Gasteiger partial charge in [-0.15, -0.1) is 6.42 Å². The van der Waals surface area contributed by atoms with E-state index in [-0.39, 0.29) is 19.8 Å². The van der Waals surface area contributed by atoms with Crippen molar-refractivity contribution in [3.63, 3.8) is 0 Å². The van der Waals surface area contributed by atoms with E-state index in [2.05, 4.69) is 141 Å². The molecule has 0 unspecified atom stereocenters. The summed E-state index contributed by atoms with van der Waals surface area (Å²) in [7, 11) is 0. The molecule has 213 valence electrons. The summed E-state index contributed by atoms with van der Waals surface area (Å²) >= 11 is 0. The average molecular weight is 719 g/mol. The summed E-state index contributed by atoms with van der Waals surface area (Å²) in [5.41, 5.74) is 5.09. The summed E-state index contributed by atoms with van der Waals surface area (Å²) < 4.78 is 2.30. The van der Waals surface area contributed by atoms with Crippen LogP contribution in [0.25, 0.3) is 44.6 Å². The molecule has 0 saturated heterocycles. The van der Waals surface area contributed by atoms with Crippen molar-refractivity contribution in [1.29, 1.82) is 0 Å². The minimum atomic E-state index is 0. The molecule has 1 radical (unpaired) electrons. The second kappa shape index (κ2) is 14.2. The van der Waals surface area contributed by atoms with Gasteiger partial charge in [0.25, 0.3) is 0 Å². The van der Waals surface area contributed by atoms with E-state index in [1.165, 1.54) is 62.1 Å². The van der Waals surface area contributed by atoms with E-state index < -0.39 is 0 Å². The molecule has 1 heterocycles. The van der Waals surface area contributed by atoms with Crippen LogP contribution in [0, 0.1) is 18.8 Å². The molecule has 0 fully saturated rings. The second-order valence-corrected chi connectivity index (χ2v) is 11.9. The maximum atomic E-state index is 4.05. The number of rotatable bonds is 11. The molecule has 5 aromatic rings. The number of benzene rings is 4. The maximum absolute atomic E-state index is 4.05. The second-order valence-electron chi connectivity index (χ2n) is 11.9. The number of hydrogen-bond acceptors (Lipinski definition) is 1. The van der Waals surface area contributed by atoms with Gasteiger partial charge in [0.1, 0.15) is 6.54 Å². The van der Waals surface area contributed by atoms with Crippen molar-refractivity contribution in [3.8, 4) is 0 Å². The topological polar surface area (TPSA) is 7.12 Å². The number of aromatic nitrogens is 1. The molecule has 0 spiro atoms. The van der Waals surface area contributed by atoms with Gasteiger partial charge in [-0.1, -0.05) is 82.3 Å². The fourth-order valence-corrected chi connectivity index (χ4v) is 5.65. The molecule has 5 rings (SSSR count). The number of nitrogens with zero attached hydrogens (tertiary/aromatic N) is 2. The van der Waals surface area contributed by atoms with Gasteiger partial charge < -0.3 is 11.8 Å². The first-order valence-corrected chi connectivity index (χ1v) is 15.0. The number of para-hydroxylation sites is 1. The summed E-state index contributed by atoms with van der Waals surface area (Å²) in [6, 6.07) is 29.2. The fourth-order valence-electron chi connectivity index (χ4n) is 5.65. The van der Waals surface area contributed by atoms with Crippen LogP contribution in [0.4, 0.5) is 5.69 Å². The third-order valence-corrected chi connectivity index (χ3v) is 7.99. The molecule has 0 aliphatic carbocycles. The van der Waals surface area contributed by atoms with Crippen LogP contribution in [0.2, 0.25) is 0 Å². The van der Waals surface area contributed by atoms with Crippen molar-refractivity contribution in [2.75, 3.05) is 18.0 Å². The van der Waals surface area contributed by atoms with Crippen LogP contribution in [0.15, 0.2) is 85.1 Å². The van der Waals surface area contributed by atoms with Crippen LogP contribution in [0.3, 0.4) is 0 Å². The molecule has 0 bridgehead atoms. The largest absolute Gasteiger partial charge is 1.00 e. The third-order valence-electron chi connectivity index (χ3n) is 7.99. The van der Waals surface area contributed by atoms with Crippen molar-refractivity contribution in [2.45, 2.75) is 53.5 Å². The van der Waals surface area contributed by atoms with Crippen LogP contribution >= 0.6 is 0 Å². The summed E-state index contributed by atoms with van der Waals surface area (Å²) in [6.45, 7) is 16.5. The number of hydrogen-bond donors (Lipinski definition) is 0. The van der Waals surface area contributed by atoms with Crippen molar-refractivity contribution in [2.24, 2.45) is 11.8 Å². The van der Waals surface area contributed by atoms with Gasteiger partial charge in [-0.2, -0.15) is 0 Å². The van der Waals surface area contributed by atoms with Crippen molar-refractivity contribution >= 4 is 50.3 Å². The van der Waals surface area contributed by atoms with E-state index >= 15 is 0 Å². The summed E-state index contributed by atoms with van der Waals surface area (Å²) in [5.74, 6) is 1.40. The Morgan fingerprint density at radius 3 is 2.02 bits per heavy atom. The van der Waals surface area contributed by atoms with Gasteiger partial charge in [0, 0.05) is 30.9 Å². The van der Waals surface area contributed by atoms with Crippen molar-refractivity contribution in [3.05, 3.63) is 103 Å². The third kappa shape index (κ3) is 7.26. The quantitative estimate of drug-likeness (QED) is 0.0750. The first kappa shape index (κ1) is 30.9. The fraction of sp³-hybridized carbons (Fsp3) is 0.316.